The van der Waals surface area contributed by atoms with Crippen LogP contribution < -0.4 is 0 Å². The van der Waals surface area contributed by atoms with Crippen molar-refractivity contribution >= 4 is 17.9 Å². The van der Waals surface area contributed by atoms with Gasteiger partial charge in [0.1, 0.15) is 0 Å². The summed E-state index contributed by atoms with van der Waals surface area (Å²) < 4.78 is -0.548. The highest BCUT2D eigenvalue weighted by molar-refractivity contribution is 5.78. The summed E-state index contributed by atoms with van der Waals surface area (Å²) in [6.07, 6.45) is 21.3. The smallest absolute Gasteiger partial charge is 0.363 e. The quantitative estimate of drug-likeness (QED) is 0.0753. The second-order valence-electron chi connectivity index (χ2n) is 10.9. The first-order chi connectivity index (χ1) is 18.2. The molecular formula is C31H58NO6+. The normalized spacial score (nSPS) is 15.7. The van der Waals surface area contributed by atoms with E-state index in [0.29, 0.717) is 25.7 Å². The highest BCUT2D eigenvalue weighted by atomic mass is 16.4. The number of carbonyl (C=O) groups is 3. The predicted octanol–water partition coefficient (Wildman–Crippen LogP) is 8.17. The minimum Gasteiger partial charge on any atom is -0.477 e. The topological polar surface area (TPSA) is 112 Å². The van der Waals surface area contributed by atoms with Crippen LogP contribution in [-0.2, 0) is 14.4 Å². The van der Waals surface area contributed by atoms with Gasteiger partial charge in [-0.15, -0.1) is 0 Å². The van der Waals surface area contributed by atoms with Crippen molar-refractivity contribution in [2.24, 2.45) is 0 Å². The zero-order chi connectivity index (χ0) is 28.8. The highest BCUT2D eigenvalue weighted by Gasteiger charge is 2.56. The van der Waals surface area contributed by atoms with E-state index in [0.717, 1.165) is 19.3 Å². The number of aliphatic carboxylic acids is 3. The Morgan fingerprint density at radius 1 is 0.526 bits per heavy atom. The second kappa shape index (κ2) is 22.0. The van der Waals surface area contributed by atoms with Gasteiger partial charge in [0.15, 0.2) is 18.1 Å². The van der Waals surface area contributed by atoms with Gasteiger partial charge in [0, 0.05) is 19.3 Å². The van der Waals surface area contributed by atoms with Crippen molar-refractivity contribution in [3.05, 3.63) is 12.3 Å². The lowest BCUT2D eigenvalue weighted by molar-refractivity contribution is -0.928. The molecule has 0 radical (unpaired) electrons. The van der Waals surface area contributed by atoms with Gasteiger partial charge >= 0.3 is 17.9 Å². The minimum absolute atomic E-state index is 0.221. The first-order valence-electron chi connectivity index (χ1n) is 15.5. The first kappa shape index (κ1) is 36.1. The minimum atomic E-state index is -1.13. The van der Waals surface area contributed by atoms with Crippen molar-refractivity contribution < 1.29 is 34.2 Å². The van der Waals surface area contributed by atoms with Crippen molar-refractivity contribution in [2.75, 3.05) is 0 Å². The summed E-state index contributed by atoms with van der Waals surface area (Å²) in [6, 6.07) is -3.38. The van der Waals surface area contributed by atoms with E-state index in [1.165, 1.54) is 57.8 Å². The van der Waals surface area contributed by atoms with Crippen LogP contribution in [0.3, 0.4) is 0 Å². The molecule has 0 amide bonds. The Bertz CT molecular complexity index is 617. The SMILES string of the molecule is CCCCCCCCCCCCCC/C=C/[N+](C(CCC)C(=O)O)(C(CCC)C(=O)O)C(CCC)C(=O)O. The number of hydrogen-bond acceptors (Lipinski definition) is 3. The zero-order valence-corrected chi connectivity index (χ0v) is 24.8. The van der Waals surface area contributed by atoms with E-state index in [4.69, 9.17) is 0 Å². The molecule has 0 aromatic carbocycles. The zero-order valence-electron chi connectivity index (χ0n) is 24.8. The third-order valence-corrected chi connectivity index (χ3v) is 7.75. The number of rotatable bonds is 26. The van der Waals surface area contributed by atoms with Crippen LogP contribution >= 0.6 is 0 Å². The molecule has 0 saturated carbocycles. The van der Waals surface area contributed by atoms with Gasteiger partial charge in [-0.2, -0.15) is 0 Å². The molecule has 0 aliphatic heterocycles. The summed E-state index contributed by atoms with van der Waals surface area (Å²) in [6.45, 7) is 7.80. The van der Waals surface area contributed by atoms with Crippen LogP contribution in [0.2, 0.25) is 0 Å². The molecule has 0 aliphatic carbocycles. The molecule has 0 spiro atoms. The molecule has 0 rings (SSSR count). The van der Waals surface area contributed by atoms with E-state index < -0.39 is 40.5 Å². The molecular weight excluding hydrogens is 482 g/mol. The van der Waals surface area contributed by atoms with Crippen molar-refractivity contribution in [1.82, 2.24) is 0 Å². The summed E-state index contributed by atoms with van der Waals surface area (Å²) in [5.41, 5.74) is 0. The fourth-order valence-corrected chi connectivity index (χ4v) is 5.76. The monoisotopic (exact) mass is 540 g/mol. The van der Waals surface area contributed by atoms with Crippen LogP contribution in [0, 0.1) is 0 Å². The molecule has 222 valence electrons. The average Bonchev–Trinajstić information content (AvgIpc) is 2.87. The van der Waals surface area contributed by atoms with Crippen LogP contribution in [0.15, 0.2) is 12.3 Å². The van der Waals surface area contributed by atoms with Gasteiger partial charge < -0.3 is 15.3 Å². The molecule has 0 aliphatic rings. The lowest BCUT2D eigenvalue weighted by atomic mass is 9.93. The molecule has 3 N–H and O–H groups in total. The van der Waals surface area contributed by atoms with Crippen LogP contribution in [0.5, 0.6) is 0 Å². The molecule has 0 saturated heterocycles. The third kappa shape index (κ3) is 12.8. The van der Waals surface area contributed by atoms with Crippen LogP contribution in [0.25, 0.3) is 0 Å². The van der Waals surface area contributed by atoms with Gasteiger partial charge in [-0.05, 0) is 38.2 Å². The summed E-state index contributed by atoms with van der Waals surface area (Å²) in [7, 11) is 0. The second-order valence-corrected chi connectivity index (χ2v) is 10.9. The van der Waals surface area contributed by atoms with Gasteiger partial charge in [-0.1, -0.05) is 98.3 Å². The van der Waals surface area contributed by atoms with Crippen LogP contribution in [0.4, 0.5) is 0 Å². The van der Waals surface area contributed by atoms with Gasteiger partial charge in [0.2, 0.25) is 0 Å². The maximum Gasteiger partial charge on any atom is 0.363 e. The molecule has 7 heteroatoms. The first-order valence-corrected chi connectivity index (χ1v) is 15.5. The summed E-state index contributed by atoms with van der Waals surface area (Å²) >= 11 is 0. The van der Waals surface area contributed by atoms with E-state index in [1.54, 1.807) is 6.20 Å². The number of nitrogens with zero attached hydrogens (tertiary/aromatic N) is 1. The summed E-state index contributed by atoms with van der Waals surface area (Å²) in [5, 5.41) is 30.7. The lowest BCUT2D eigenvalue weighted by Gasteiger charge is -2.47. The third-order valence-electron chi connectivity index (χ3n) is 7.75. The molecule has 0 fully saturated rings. The van der Waals surface area contributed by atoms with Gasteiger partial charge in [-0.3, -0.25) is 4.48 Å². The number of carboxylic acids is 3. The number of carboxylic acid groups (broad SMARTS) is 3. The van der Waals surface area contributed by atoms with Crippen LogP contribution in [-0.4, -0.2) is 55.8 Å². The van der Waals surface area contributed by atoms with Crippen molar-refractivity contribution in [3.63, 3.8) is 0 Å². The molecule has 0 aromatic heterocycles. The maximum atomic E-state index is 12.5. The molecule has 0 aromatic rings. The Hall–Kier alpha value is -1.89. The van der Waals surface area contributed by atoms with E-state index in [9.17, 15) is 29.7 Å². The van der Waals surface area contributed by atoms with E-state index in [-0.39, 0.29) is 19.3 Å². The van der Waals surface area contributed by atoms with Gasteiger partial charge in [0.25, 0.3) is 0 Å². The van der Waals surface area contributed by atoms with E-state index in [1.807, 2.05) is 26.8 Å². The number of quaternary nitrogens is 1. The fourth-order valence-electron chi connectivity index (χ4n) is 5.76. The Labute approximate surface area is 232 Å². The molecule has 0 bridgehead atoms. The molecule has 3 unspecified atom stereocenters. The Morgan fingerprint density at radius 2 is 0.842 bits per heavy atom. The van der Waals surface area contributed by atoms with Gasteiger partial charge in [0.05, 0.1) is 6.20 Å². The van der Waals surface area contributed by atoms with E-state index in [2.05, 4.69) is 6.92 Å². The van der Waals surface area contributed by atoms with Crippen molar-refractivity contribution in [2.45, 2.75) is 168 Å². The largest absolute Gasteiger partial charge is 0.477 e. The number of unbranched alkanes of at least 4 members (excludes halogenated alkanes) is 12. The number of hydrogen-bond donors (Lipinski definition) is 3. The molecule has 38 heavy (non-hydrogen) atoms. The van der Waals surface area contributed by atoms with Gasteiger partial charge in [-0.25, -0.2) is 14.4 Å². The maximum absolute atomic E-state index is 12.5. The Morgan fingerprint density at radius 3 is 1.13 bits per heavy atom. The van der Waals surface area contributed by atoms with Crippen molar-refractivity contribution in [1.29, 1.82) is 0 Å². The molecule has 7 nitrogen and oxygen atoms in total. The standard InChI is InChI=1S/C31H57NO6/c1-5-9-10-11-12-13-14-15-16-17-18-19-20-21-25-32(26(22-6-2)29(33)34,27(23-7-3)30(35)36)28(24-8-4)31(37)38/h21,25-28H,5-20,22-24H2,1-4H3,(H2-,33,34,35,36,37,38)/p+1/b25-21+. The Kier molecular flexibility index (Phi) is 20.9. The summed E-state index contributed by atoms with van der Waals surface area (Å²) in [5.74, 6) is -3.40. The highest BCUT2D eigenvalue weighted by Crippen LogP contribution is 2.34. The fraction of sp³-hybridized carbons (Fsp3) is 0.839. The van der Waals surface area contributed by atoms with Crippen LogP contribution in [0.1, 0.15) is 150 Å². The molecule has 3 atom stereocenters. The average molecular weight is 541 g/mol. The lowest BCUT2D eigenvalue weighted by Crippen LogP contribution is -2.69. The predicted molar refractivity (Wildman–Crippen MR) is 154 cm³/mol. The van der Waals surface area contributed by atoms with E-state index >= 15 is 0 Å². The Balaban J connectivity index is 5.46. The molecule has 0 heterocycles. The van der Waals surface area contributed by atoms with Crippen molar-refractivity contribution in [3.8, 4) is 0 Å². The number of allylic oxidation sites excluding steroid dienone is 1. The summed E-state index contributed by atoms with van der Waals surface area (Å²) in [4.78, 5) is 37.5.